The van der Waals surface area contributed by atoms with Gasteiger partial charge in [0.1, 0.15) is 0 Å². The molecule has 5 rings (SSSR count). The van der Waals surface area contributed by atoms with Gasteiger partial charge in [0.05, 0.1) is 26.8 Å². The Balaban J connectivity index is 1.65. The molecule has 2 aromatic heterocycles. The summed E-state index contributed by atoms with van der Waals surface area (Å²) in [6.07, 6.45) is 13.2. The molecule has 2 aromatic carbocycles. The number of rotatable bonds is 5. The number of fused-ring (bicyclic) bond motifs is 1. The average molecular weight is 507 g/mol. The summed E-state index contributed by atoms with van der Waals surface area (Å²) >= 11 is 1.67. The van der Waals surface area contributed by atoms with Gasteiger partial charge in [-0.15, -0.1) is 17.8 Å². The topological polar surface area (TPSA) is 63.1 Å². The highest BCUT2D eigenvalue weighted by molar-refractivity contribution is 7.15. The Labute approximate surface area is 222 Å². The van der Waals surface area contributed by atoms with Crippen molar-refractivity contribution in [1.29, 1.82) is 0 Å². The standard InChI is InChI=1S/C32H30N2O2S/c1-5-22-16-26(19(2)15-30(35)36)18-27(23-9-7-6-8-10-23)31(22)25-12-13-28-24(17-25)11-14-29(34-28)32-20(3)33-21(4)37-32/h1,11-18,23H,6-10H2,2-4H3,(H,35,36)/b19-15+. The van der Waals surface area contributed by atoms with E-state index in [0.717, 1.165) is 67.3 Å². The molecule has 37 heavy (non-hydrogen) atoms. The minimum atomic E-state index is -0.951. The fourth-order valence-electron chi connectivity index (χ4n) is 5.51. The van der Waals surface area contributed by atoms with Crippen molar-refractivity contribution < 1.29 is 9.90 Å². The summed E-state index contributed by atoms with van der Waals surface area (Å²) in [4.78, 5) is 21.9. The van der Waals surface area contributed by atoms with Gasteiger partial charge in [-0.3, -0.25) is 0 Å². The normalized spacial score (nSPS) is 14.6. The largest absolute Gasteiger partial charge is 0.478 e. The van der Waals surface area contributed by atoms with Crippen molar-refractivity contribution in [2.45, 2.75) is 58.8 Å². The first-order valence-electron chi connectivity index (χ1n) is 12.8. The summed E-state index contributed by atoms with van der Waals surface area (Å²) in [6, 6.07) is 14.7. The SMILES string of the molecule is C#Cc1cc(/C(C)=C/C(=O)O)cc(C2CCCCC2)c1-c1ccc2nc(-c3sc(C)nc3C)ccc2c1. The van der Waals surface area contributed by atoms with Crippen LogP contribution in [0.4, 0.5) is 0 Å². The number of hydrogen-bond donors (Lipinski definition) is 1. The van der Waals surface area contributed by atoms with E-state index >= 15 is 0 Å². The molecule has 186 valence electrons. The fourth-order valence-corrected chi connectivity index (χ4v) is 6.40. The van der Waals surface area contributed by atoms with Crippen LogP contribution in [0.25, 0.3) is 38.2 Å². The van der Waals surface area contributed by atoms with Crippen molar-refractivity contribution in [3.63, 3.8) is 0 Å². The molecule has 4 aromatic rings. The molecular weight excluding hydrogens is 476 g/mol. The lowest BCUT2D eigenvalue weighted by Crippen LogP contribution is -2.08. The van der Waals surface area contributed by atoms with Crippen LogP contribution in [0.15, 0.2) is 48.5 Å². The lowest BCUT2D eigenvalue weighted by molar-refractivity contribution is -0.131. The Morgan fingerprint density at radius 1 is 1.08 bits per heavy atom. The van der Waals surface area contributed by atoms with Crippen LogP contribution in [0.2, 0.25) is 0 Å². The first kappa shape index (κ1) is 24.9. The lowest BCUT2D eigenvalue weighted by atomic mass is 9.78. The third-order valence-electron chi connectivity index (χ3n) is 7.28. The van der Waals surface area contributed by atoms with Crippen LogP contribution < -0.4 is 0 Å². The predicted octanol–water partition coefficient (Wildman–Crippen LogP) is 8.16. The second-order valence-corrected chi connectivity index (χ2v) is 11.1. The quantitative estimate of drug-likeness (QED) is 0.219. The second-order valence-electron chi connectivity index (χ2n) is 9.88. The third-order valence-corrected chi connectivity index (χ3v) is 8.37. The van der Waals surface area contributed by atoms with E-state index in [0.29, 0.717) is 11.5 Å². The van der Waals surface area contributed by atoms with Crippen molar-refractivity contribution >= 4 is 33.8 Å². The zero-order valence-corrected chi connectivity index (χ0v) is 22.3. The molecule has 2 heterocycles. The average Bonchev–Trinajstić information content (AvgIpc) is 3.24. The van der Waals surface area contributed by atoms with E-state index in [9.17, 15) is 9.90 Å². The number of aryl methyl sites for hydroxylation is 2. The summed E-state index contributed by atoms with van der Waals surface area (Å²) in [5, 5.41) is 11.4. The lowest BCUT2D eigenvalue weighted by Gasteiger charge is -2.26. The van der Waals surface area contributed by atoms with Crippen LogP contribution >= 0.6 is 11.3 Å². The Morgan fingerprint density at radius 2 is 1.86 bits per heavy atom. The summed E-state index contributed by atoms with van der Waals surface area (Å²) in [5.74, 6) is 2.37. The number of aliphatic carboxylic acids is 1. The number of allylic oxidation sites excluding steroid dienone is 1. The molecule has 5 heteroatoms. The molecular formula is C32H30N2O2S. The number of carboxylic acid groups (broad SMARTS) is 1. The molecule has 1 aliphatic rings. The van der Waals surface area contributed by atoms with E-state index in [1.807, 2.05) is 26.8 Å². The molecule has 0 aliphatic heterocycles. The number of thiazole rings is 1. The van der Waals surface area contributed by atoms with Crippen LogP contribution in [0.5, 0.6) is 0 Å². The molecule has 1 saturated carbocycles. The molecule has 1 fully saturated rings. The van der Waals surface area contributed by atoms with Crippen LogP contribution in [-0.2, 0) is 4.79 Å². The maximum Gasteiger partial charge on any atom is 0.328 e. The third kappa shape index (κ3) is 5.08. The Hall–Kier alpha value is -3.75. The first-order valence-corrected chi connectivity index (χ1v) is 13.6. The van der Waals surface area contributed by atoms with Gasteiger partial charge in [-0.2, -0.15) is 0 Å². The van der Waals surface area contributed by atoms with E-state index in [2.05, 4.69) is 47.3 Å². The molecule has 0 spiro atoms. The first-order chi connectivity index (χ1) is 17.8. The van der Waals surface area contributed by atoms with Gasteiger partial charge >= 0.3 is 5.97 Å². The van der Waals surface area contributed by atoms with Crippen molar-refractivity contribution in [2.75, 3.05) is 0 Å². The van der Waals surface area contributed by atoms with E-state index in [1.165, 1.54) is 30.9 Å². The number of hydrogen-bond acceptors (Lipinski definition) is 4. The minimum Gasteiger partial charge on any atom is -0.478 e. The summed E-state index contributed by atoms with van der Waals surface area (Å²) in [5.41, 5.74) is 8.66. The molecule has 1 N–H and O–H groups in total. The van der Waals surface area contributed by atoms with E-state index in [1.54, 1.807) is 11.3 Å². The summed E-state index contributed by atoms with van der Waals surface area (Å²) in [6.45, 7) is 5.88. The summed E-state index contributed by atoms with van der Waals surface area (Å²) in [7, 11) is 0. The van der Waals surface area contributed by atoms with Gasteiger partial charge in [0.2, 0.25) is 0 Å². The number of carboxylic acids is 1. The van der Waals surface area contributed by atoms with Crippen molar-refractivity contribution in [1.82, 2.24) is 9.97 Å². The Kier molecular flexibility index (Phi) is 6.95. The Bertz CT molecular complexity index is 1580. The molecule has 0 amide bonds. The molecule has 0 radical (unpaired) electrons. The van der Waals surface area contributed by atoms with Gasteiger partial charge in [0, 0.05) is 22.6 Å². The van der Waals surface area contributed by atoms with Crippen LogP contribution in [0.3, 0.4) is 0 Å². The summed E-state index contributed by atoms with van der Waals surface area (Å²) < 4.78 is 0. The van der Waals surface area contributed by atoms with Crippen LogP contribution in [0, 0.1) is 26.2 Å². The predicted molar refractivity (Wildman–Crippen MR) is 153 cm³/mol. The molecule has 4 nitrogen and oxygen atoms in total. The van der Waals surface area contributed by atoms with Crippen LogP contribution in [-0.4, -0.2) is 21.0 Å². The van der Waals surface area contributed by atoms with E-state index in [4.69, 9.17) is 11.4 Å². The van der Waals surface area contributed by atoms with Gasteiger partial charge in [0.15, 0.2) is 0 Å². The van der Waals surface area contributed by atoms with Gasteiger partial charge in [0.25, 0.3) is 0 Å². The zero-order chi connectivity index (χ0) is 26.1. The van der Waals surface area contributed by atoms with Gasteiger partial charge in [-0.05, 0) is 86.1 Å². The van der Waals surface area contributed by atoms with Crippen LogP contribution in [0.1, 0.15) is 72.3 Å². The highest BCUT2D eigenvalue weighted by Crippen LogP contribution is 2.42. The number of aromatic nitrogens is 2. The maximum absolute atomic E-state index is 11.3. The highest BCUT2D eigenvalue weighted by Gasteiger charge is 2.23. The molecule has 0 saturated heterocycles. The van der Waals surface area contributed by atoms with Gasteiger partial charge < -0.3 is 5.11 Å². The number of pyridine rings is 1. The van der Waals surface area contributed by atoms with Crippen molar-refractivity contribution in [2.24, 2.45) is 0 Å². The second kappa shape index (κ2) is 10.3. The van der Waals surface area contributed by atoms with Crippen molar-refractivity contribution in [3.05, 3.63) is 75.9 Å². The highest BCUT2D eigenvalue weighted by atomic mass is 32.1. The van der Waals surface area contributed by atoms with E-state index < -0.39 is 5.97 Å². The number of benzene rings is 2. The van der Waals surface area contributed by atoms with Crippen molar-refractivity contribution in [3.8, 4) is 34.0 Å². The molecule has 1 aliphatic carbocycles. The molecule has 0 bridgehead atoms. The Morgan fingerprint density at radius 3 is 2.54 bits per heavy atom. The van der Waals surface area contributed by atoms with E-state index in [-0.39, 0.29) is 0 Å². The smallest absolute Gasteiger partial charge is 0.328 e. The van der Waals surface area contributed by atoms with Gasteiger partial charge in [-0.1, -0.05) is 43.4 Å². The zero-order valence-electron chi connectivity index (χ0n) is 21.5. The number of carbonyl (C=O) groups is 1. The van der Waals surface area contributed by atoms with Gasteiger partial charge in [-0.25, -0.2) is 14.8 Å². The monoisotopic (exact) mass is 506 g/mol. The number of nitrogens with zero attached hydrogens (tertiary/aromatic N) is 2. The minimum absolute atomic E-state index is 0.405. The maximum atomic E-state index is 11.3. The molecule has 0 atom stereocenters. The number of terminal acetylenes is 1. The molecule has 0 unspecified atom stereocenters. The fraction of sp³-hybridized carbons (Fsp3) is 0.281.